The molecule has 0 saturated heterocycles. The fourth-order valence-electron chi connectivity index (χ4n) is 2.36. The summed E-state index contributed by atoms with van der Waals surface area (Å²) in [5, 5.41) is 1.65. The third-order valence-corrected chi connectivity index (χ3v) is 3.61. The second kappa shape index (κ2) is 6.62. The van der Waals surface area contributed by atoms with E-state index < -0.39 is 17.5 Å². The topological polar surface area (TPSA) is 45.2 Å². The van der Waals surface area contributed by atoms with Crippen LogP contribution in [0.15, 0.2) is 61.0 Å². The molecule has 0 spiro atoms. The van der Waals surface area contributed by atoms with Crippen LogP contribution in [-0.2, 0) is 0 Å². The van der Waals surface area contributed by atoms with Crippen LogP contribution in [0.2, 0.25) is 0 Å². The van der Waals surface area contributed by atoms with Gasteiger partial charge in [-0.25, -0.2) is 8.78 Å². The Balaban J connectivity index is 1.83. The molecule has 4 nitrogen and oxygen atoms in total. The van der Waals surface area contributed by atoms with Gasteiger partial charge in [0.25, 0.3) is 5.91 Å². The predicted molar refractivity (Wildman–Crippen MR) is 86.6 cm³/mol. The first-order chi connectivity index (χ1) is 11.5. The van der Waals surface area contributed by atoms with Gasteiger partial charge < -0.3 is 0 Å². The van der Waals surface area contributed by atoms with Crippen molar-refractivity contribution in [1.82, 2.24) is 15.4 Å². The molecule has 3 rings (SSSR count). The number of nitrogens with one attached hydrogen (secondary N) is 1. The van der Waals surface area contributed by atoms with Gasteiger partial charge in [-0.1, -0.05) is 12.2 Å². The molecule has 1 unspecified atom stereocenters. The number of hydrogen-bond donors (Lipinski definition) is 1. The molecule has 0 fully saturated rings. The normalized spacial score (nSPS) is 16.3. The Morgan fingerprint density at radius 1 is 1.12 bits per heavy atom. The zero-order valence-electron chi connectivity index (χ0n) is 12.9. The molecular weight excluding hydrogens is 312 g/mol. The molecule has 6 heteroatoms. The lowest BCUT2D eigenvalue weighted by Gasteiger charge is -2.27. The number of hydrazine groups is 1. The van der Waals surface area contributed by atoms with E-state index in [9.17, 15) is 13.6 Å². The Kier molecular flexibility index (Phi) is 4.37. The van der Waals surface area contributed by atoms with Gasteiger partial charge in [-0.2, -0.15) is 0 Å². The van der Waals surface area contributed by atoms with Crippen molar-refractivity contribution in [3.63, 3.8) is 0 Å². The number of carbonyl (C=O) groups excluding carboxylic acids is 1. The number of allylic oxidation sites excluding steroid dienone is 2. The summed E-state index contributed by atoms with van der Waals surface area (Å²) in [6, 6.07) is 6.32. The SMILES string of the molecule is CC1C=CC=CN1NC(=O)c1cc(-c2cc(F)cc(F)c2)ccn1. The van der Waals surface area contributed by atoms with Gasteiger partial charge in [-0.3, -0.25) is 20.2 Å². The lowest BCUT2D eigenvalue weighted by molar-refractivity contribution is 0.0825. The number of carbonyl (C=O) groups is 1. The molecule has 1 aromatic carbocycles. The number of halogens is 2. The predicted octanol–water partition coefficient (Wildman–Crippen LogP) is 3.45. The first-order valence-corrected chi connectivity index (χ1v) is 7.40. The molecule has 1 aliphatic heterocycles. The van der Waals surface area contributed by atoms with Crippen LogP contribution >= 0.6 is 0 Å². The van der Waals surface area contributed by atoms with Crippen LogP contribution in [0.1, 0.15) is 17.4 Å². The van der Waals surface area contributed by atoms with Gasteiger partial charge in [0.05, 0.1) is 6.04 Å². The fraction of sp³-hybridized carbons (Fsp3) is 0.111. The average molecular weight is 327 g/mol. The lowest BCUT2D eigenvalue weighted by atomic mass is 10.1. The van der Waals surface area contributed by atoms with Gasteiger partial charge in [0.1, 0.15) is 17.3 Å². The summed E-state index contributed by atoms with van der Waals surface area (Å²) < 4.78 is 26.7. The Labute approximate surface area is 138 Å². The van der Waals surface area contributed by atoms with E-state index >= 15 is 0 Å². The Hall–Kier alpha value is -3.02. The van der Waals surface area contributed by atoms with Crippen molar-refractivity contribution in [3.05, 3.63) is 78.3 Å². The van der Waals surface area contributed by atoms with Crippen molar-refractivity contribution in [2.24, 2.45) is 0 Å². The van der Waals surface area contributed by atoms with Crippen LogP contribution in [0.25, 0.3) is 11.1 Å². The monoisotopic (exact) mass is 327 g/mol. The Morgan fingerprint density at radius 3 is 2.58 bits per heavy atom. The number of nitrogens with zero attached hydrogens (tertiary/aromatic N) is 2. The maximum Gasteiger partial charge on any atom is 0.288 e. The van der Waals surface area contributed by atoms with Gasteiger partial charge in [0, 0.05) is 18.5 Å². The molecule has 0 radical (unpaired) electrons. The third-order valence-electron chi connectivity index (χ3n) is 3.61. The van der Waals surface area contributed by atoms with Crippen LogP contribution in [0.3, 0.4) is 0 Å². The lowest BCUT2D eigenvalue weighted by Crippen LogP contribution is -2.44. The summed E-state index contributed by atoms with van der Waals surface area (Å²) in [6.45, 7) is 1.93. The summed E-state index contributed by atoms with van der Waals surface area (Å²) in [5.74, 6) is -1.75. The first kappa shape index (κ1) is 15.9. The molecule has 122 valence electrons. The minimum atomic E-state index is -0.674. The van der Waals surface area contributed by atoms with Gasteiger partial charge in [0.2, 0.25) is 0 Å². The molecule has 0 bridgehead atoms. The van der Waals surface area contributed by atoms with Crippen molar-refractivity contribution in [2.45, 2.75) is 13.0 Å². The highest BCUT2D eigenvalue weighted by atomic mass is 19.1. The summed E-state index contributed by atoms with van der Waals surface area (Å²) in [6.07, 6.45) is 8.81. The minimum Gasteiger partial charge on any atom is -0.286 e. The van der Waals surface area contributed by atoms with E-state index in [2.05, 4.69) is 10.4 Å². The van der Waals surface area contributed by atoms with Gasteiger partial charge in [0.15, 0.2) is 0 Å². The van der Waals surface area contributed by atoms with E-state index in [1.165, 1.54) is 24.4 Å². The molecule has 1 N–H and O–H groups in total. The minimum absolute atomic E-state index is 0.0134. The van der Waals surface area contributed by atoms with Crippen molar-refractivity contribution in [2.75, 3.05) is 0 Å². The number of hydrogen-bond acceptors (Lipinski definition) is 3. The van der Waals surface area contributed by atoms with Crippen molar-refractivity contribution >= 4 is 5.91 Å². The highest BCUT2D eigenvalue weighted by Gasteiger charge is 2.15. The van der Waals surface area contributed by atoms with Crippen LogP contribution in [-0.4, -0.2) is 21.9 Å². The van der Waals surface area contributed by atoms with Crippen LogP contribution in [0.4, 0.5) is 8.78 Å². The second-order valence-corrected chi connectivity index (χ2v) is 5.40. The zero-order valence-corrected chi connectivity index (χ0v) is 12.9. The molecule has 2 heterocycles. The third kappa shape index (κ3) is 3.48. The zero-order chi connectivity index (χ0) is 17.1. The number of benzene rings is 1. The van der Waals surface area contributed by atoms with Crippen LogP contribution < -0.4 is 5.43 Å². The highest BCUT2D eigenvalue weighted by molar-refractivity contribution is 5.93. The number of rotatable bonds is 3. The summed E-state index contributed by atoms with van der Waals surface area (Å²) in [5.41, 5.74) is 3.75. The second-order valence-electron chi connectivity index (χ2n) is 5.40. The van der Waals surface area contributed by atoms with E-state index in [1.54, 1.807) is 23.4 Å². The average Bonchev–Trinajstić information content (AvgIpc) is 2.56. The van der Waals surface area contributed by atoms with Gasteiger partial charge in [-0.05, 0) is 48.4 Å². The molecule has 24 heavy (non-hydrogen) atoms. The molecule has 1 aliphatic rings. The molecule has 2 aromatic rings. The summed E-state index contributed by atoms with van der Waals surface area (Å²) in [4.78, 5) is 16.4. The Morgan fingerprint density at radius 2 is 1.88 bits per heavy atom. The molecule has 0 aliphatic carbocycles. The molecule has 0 saturated carbocycles. The molecule has 1 amide bonds. The maximum atomic E-state index is 13.4. The van der Waals surface area contributed by atoms with Crippen LogP contribution in [0, 0.1) is 11.6 Å². The highest BCUT2D eigenvalue weighted by Crippen LogP contribution is 2.22. The summed E-state index contributed by atoms with van der Waals surface area (Å²) >= 11 is 0. The van der Waals surface area contributed by atoms with Crippen molar-refractivity contribution < 1.29 is 13.6 Å². The van der Waals surface area contributed by atoms with E-state index in [0.717, 1.165) is 6.07 Å². The Bertz CT molecular complexity index is 813. The van der Waals surface area contributed by atoms with E-state index in [1.807, 2.05) is 19.1 Å². The largest absolute Gasteiger partial charge is 0.288 e. The number of pyridine rings is 1. The summed E-state index contributed by atoms with van der Waals surface area (Å²) in [7, 11) is 0. The van der Waals surface area contributed by atoms with Gasteiger partial charge in [-0.15, -0.1) is 0 Å². The quantitative estimate of drug-likeness (QED) is 0.939. The van der Waals surface area contributed by atoms with Gasteiger partial charge >= 0.3 is 0 Å². The van der Waals surface area contributed by atoms with E-state index in [4.69, 9.17) is 0 Å². The first-order valence-electron chi connectivity index (χ1n) is 7.40. The van der Waals surface area contributed by atoms with E-state index in [0.29, 0.717) is 11.1 Å². The molecule has 1 aromatic heterocycles. The smallest absolute Gasteiger partial charge is 0.286 e. The molecule has 1 atom stereocenters. The number of aromatic nitrogens is 1. The van der Waals surface area contributed by atoms with Crippen molar-refractivity contribution in [1.29, 1.82) is 0 Å². The molecular formula is C18H15F2N3O. The van der Waals surface area contributed by atoms with Crippen molar-refractivity contribution in [3.8, 4) is 11.1 Å². The van der Waals surface area contributed by atoms with E-state index in [-0.39, 0.29) is 11.7 Å². The number of amides is 1. The standard InChI is InChI=1S/C18H15F2N3O/c1-12-4-2-3-7-23(12)22-18(24)17-10-13(5-6-21-17)14-8-15(19)11-16(20)9-14/h2-12H,1H3,(H,22,24). The van der Waals surface area contributed by atoms with Crippen LogP contribution in [0.5, 0.6) is 0 Å². The fourth-order valence-corrected chi connectivity index (χ4v) is 2.36. The maximum absolute atomic E-state index is 13.4.